The van der Waals surface area contributed by atoms with Crippen LogP contribution in [0.3, 0.4) is 0 Å². The van der Waals surface area contributed by atoms with E-state index in [0.29, 0.717) is 22.6 Å². The van der Waals surface area contributed by atoms with Gasteiger partial charge < -0.3 is 14.2 Å². The second kappa shape index (κ2) is 11.2. The number of ether oxygens (including phenoxy) is 3. The zero-order valence-corrected chi connectivity index (χ0v) is 21.9. The van der Waals surface area contributed by atoms with E-state index in [-0.39, 0.29) is 11.5 Å². The summed E-state index contributed by atoms with van der Waals surface area (Å²) in [5.74, 6) is 0.300. The molecule has 0 radical (unpaired) electrons. The van der Waals surface area contributed by atoms with Crippen molar-refractivity contribution in [3.05, 3.63) is 52.3 Å². The Kier molecular flexibility index (Phi) is 8.92. The van der Waals surface area contributed by atoms with Gasteiger partial charge in [-0.3, -0.25) is 4.68 Å². The first-order chi connectivity index (χ1) is 15.9. The van der Waals surface area contributed by atoms with Crippen LogP contribution in [0, 0.1) is 25.2 Å². The fourth-order valence-corrected chi connectivity index (χ4v) is 3.68. The number of allylic oxidation sites excluding steroid dienone is 1. The fourth-order valence-electron chi connectivity index (χ4n) is 3.68. The van der Waals surface area contributed by atoms with Crippen molar-refractivity contribution in [2.45, 2.75) is 86.0 Å². The van der Waals surface area contributed by atoms with E-state index in [0.717, 1.165) is 29.7 Å². The quantitative estimate of drug-likeness (QED) is 0.192. The molecule has 1 heterocycles. The number of carbonyl (C=O) groups is 1. The third-order valence-electron chi connectivity index (χ3n) is 5.65. The van der Waals surface area contributed by atoms with Gasteiger partial charge in [0.15, 0.2) is 5.76 Å². The zero-order chi connectivity index (χ0) is 25.6. The molecular formula is C27H37N3O4. The first kappa shape index (κ1) is 27.0. The highest BCUT2D eigenvalue weighted by Gasteiger charge is 2.25. The average Bonchev–Trinajstić information content (AvgIpc) is 2.98. The number of nitriles is 1. The maximum atomic E-state index is 12.2. The number of carbonyl (C=O) groups excluding carboxylic acids is 1. The number of hydrogen-bond donors (Lipinski definition) is 0. The first-order valence-electron chi connectivity index (χ1n) is 11.7. The summed E-state index contributed by atoms with van der Waals surface area (Å²) in [6.07, 6.45) is -0.405. The lowest BCUT2D eigenvalue weighted by atomic mass is 9.86. The molecule has 34 heavy (non-hydrogen) atoms. The second-order valence-electron chi connectivity index (χ2n) is 9.60. The molecule has 7 heteroatoms. The van der Waals surface area contributed by atoms with Gasteiger partial charge in [0.2, 0.25) is 6.29 Å². The van der Waals surface area contributed by atoms with Crippen LogP contribution in [-0.2, 0) is 26.7 Å². The molecule has 0 aliphatic heterocycles. The Morgan fingerprint density at radius 2 is 1.74 bits per heavy atom. The Labute approximate surface area is 203 Å². The largest absolute Gasteiger partial charge is 0.511 e. The molecule has 0 saturated heterocycles. The summed E-state index contributed by atoms with van der Waals surface area (Å²) in [7, 11) is 1.79. The van der Waals surface area contributed by atoms with Crippen LogP contribution in [0.1, 0.15) is 82.5 Å². The molecule has 0 aliphatic rings. The van der Waals surface area contributed by atoms with Crippen molar-refractivity contribution < 1.29 is 19.0 Å². The summed E-state index contributed by atoms with van der Waals surface area (Å²) in [4.78, 5) is 12.2. The third-order valence-corrected chi connectivity index (χ3v) is 5.65. The number of aromatic nitrogens is 2. The summed E-state index contributed by atoms with van der Waals surface area (Å²) in [5.41, 5.74) is 4.52. The van der Waals surface area contributed by atoms with E-state index in [4.69, 9.17) is 14.2 Å². The van der Waals surface area contributed by atoms with Gasteiger partial charge in [-0.05, 0) is 43.7 Å². The molecule has 2 atom stereocenters. The van der Waals surface area contributed by atoms with E-state index >= 15 is 0 Å². The van der Waals surface area contributed by atoms with E-state index in [1.807, 2.05) is 52.0 Å². The molecule has 2 unspecified atom stereocenters. The highest BCUT2D eigenvalue weighted by atomic mass is 16.8. The number of benzene rings is 1. The molecule has 0 amide bonds. The van der Waals surface area contributed by atoms with Crippen molar-refractivity contribution in [3.8, 4) is 6.07 Å². The van der Waals surface area contributed by atoms with Gasteiger partial charge in [0.25, 0.3) is 0 Å². The van der Waals surface area contributed by atoms with E-state index in [1.165, 1.54) is 0 Å². The van der Waals surface area contributed by atoms with Crippen molar-refractivity contribution in [1.82, 2.24) is 9.78 Å². The first-order valence-corrected chi connectivity index (χ1v) is 11.7. The van der Waals surface area contributed by atoms with Crippen molar-refractivity contribution >= 4 is 17.5 Å². The zero-order valence-electron chi connectivity index (χ0n) is 21.9. The number of hydrogen-bond acceptors (Lipinski definition) is 6. The van der Waals surface area contributed by atoms with Crippen molar-refractivity contribution in [1.29, 1.82) is 5.26 Å². The summed E-state index contributed by atoms with van der Waals surface area (Å²) in [5, 5.41) is 14.6. The van der Waals surface area contributed by atoms with Gasteiger partial charge in [-0.15, -0.1) is 0 Å². The predicted octanol–water partition coefficient (Wildman–Crippen LogP) is 6.43. The van der Waals surface area contributed by atoms with E-state index in [2.05, 4.69) is 31.9 Å². The molecule has 1 aromatic heterocycles. The van der Waals surface area contributed by atoms with Gasteiger partial charge in [-0.2, -0.15) is 10.4 Å². The highest BCUT2D eigenvalue weighted by Crippen LogP contribution is 2.32. The number of nitrogens with zero attached hydrogens (tertiary/aromatic N) is 3. The maximum Gasteiger partial charge on any atom is 0.511 e. The molecule has 1 aromatic carbocycles. The monoisotopic (exact) mass is 467 g/mol. The minimum atomic E-state index is -0.983. The summed E-state index contributed by atoms with van der Waals surface area (Å²) >= 11 is 0. The standard InChI is InChI=1S/C27H37N3O4/c1-10-11-17(2)32-26(31)34-20(5)33-25(24-18(3)19(4)29-30(24)9)23(16-28)21-12-14-22(15-13-21)27(6,7)8/h12-15,17,20H,10-11H2,1-9H3/b25-23-. The Hall–Kier alpha value is -3.27. The maximum absolute atomic E-state index is 12.2. The van der Waals surface area contributed by atoms with Crippen LogP contribution in [0.4, 0.5) is 4.79 Å². The molecule has 0 saturated carbocycles. The van der Waals surface area contributed by atoms with Crippen LogP contribution < -0.4 is 0 Å². The topological polar surface area (TPSA) is 86.4 Å². The lowest BCUT2D eigenvalue weighted by Gasteiger charge is -2.21. The van der Waals surface area contributed by atoms with Gasteiger partial charge in [0, 0.05) is 19.5 Å². The van der Waals surface area contributed by atoms with E-state index in [9.17, 15) is 10.1 Å². The summed E-state index contributed by atoms with van der Waals surface area (Å²) < 4.78 is 18.4. The Morgan fingerprint density at radius 1 is 1.12 bits per heavy atom. The average molecular weight is 468 g/mol. The van der Waals surface area contributed by atoms with E-state index < -0.39 is 12.4 Å². The van der Waals surface area contributed by atoms with Crippen molar-refractivity contribution in [3.63, 3.8) is 0 Å². The van der Waals surface area contributed by atoms with Gasteiger partial charge in [-0.1, -0.05) is 58.4 Å². The third kappa shape index (κ3) is 6.63. The molecule has 2 aromatic rings. The van der Waals surface area contributed by atoms with Crippen molar-refractivity contribution in [2.75, 3.05) is 0 Å². The smallest absolute Gasteiger partial charge is 0.451 e. The molecule has 0 N–H and O–H groups in total. The lowest BCUT2D eigenvalue weighted by molar-refractivity contribution is -0.0757. The summed E-state index contributed by atoms with van der Waals surface area (Å²) in [6.45, 7) is 15.7. The van der Waals surface area contributed by atoms with E-state index in [1.54, 1.807) is 18.7 Å². The molecule has 184 valence electrons. The molecule has 7 nitrogen and oxygen atoms in total. The van der Waals surface area contributed by atoms with Gasteiger partial charge in [0.1, 0.15) is 23.4 Å². The number of rotatable bonds is 8. The van der Waals surface area contributed by atoms with Crippen LogP contribution >= 0.6 is 0 Å². The lowest BCUT2D eigenvalue weighted by Crippen LogP contribution is -2.23. The molecular weight excluding hydrogens is 430 g/mol. The SMILES string of the molecule is CCCC(C)OC(=O)OC(C)O/C(=C(/C#N)c1ccc(C(C)(C)C)cc1)c1c(C)c(C)nn1C. The normalized spacial score (nSPS) is 14.0. The van der Waals surface area contributed by atoms with Gasteiger partial charge in [0.05, 0.1) is 5.69 Å². The van der Waals surface area contributed by atoms with Crippen LogP contribution in [0.25, 0.3) is 11.3 Å². The molecule has 0 bridgehead atoms. The van der Waals surface area contributed by atoms with Gasteiger partial charge >= 0.3 is 6.16 Å². The van der Waals surface area contributed by atoms with Crippen LogP contribution in [0.15, 0.2) is 24.3 Å². The Bertz CT molecular complexity index is 1070. The second-order valence-corrected chi connectivity index (χ2v) is 9.60. The molecule has 2 rings (SSSR count). The number of aryl methyl sites for hydroxylation is 2. The van der Waals surface area contributed by atoms with Crippen LogP contribution in [0.2, 0.25) is 0 Å². The molecule has 0 fully saturated rings. The summed E-state index contributed by atoms with van der Waals surface area (Å²) in [6, 6.07) is 10.1. The molecule has 0 spiro atoms. The minimum absolute atomic E-state index is 0.0122. The highest BCUT2D eigenvalue weighted by molar-refractivity contribution is 5.94. The van der Waals surface area contributed by atoms with Crippen LogP contribution in [-0.4, -0.2) is 28.3 Å². The Balaban J connectivity index is 2.48. The molecule has 0 aliphatic carbocycles. The Morgan fingerprint density at radius 3 is 2.21 bits per heavy atom. The van der Waals surface area contributed by atoms with Gasteiger partial charge in [-0.25, -0.2) is 4.79 Å². The minimum Gasteiger partial charge on any atom is -0.451 e. The fraction of sp³-hybridized carbons (Fsp3) is 0.519. The van der Waals surface area contributed by atoms with Crippen LogP contribution in [0.5, 0.6) is 0 Å². The van der Waals surface area contributed by atoms with Crippen molar-refractivity contribution in [2.24, 2.45) is 7.05 Å². The predicted molar refractivity (Wildman–Crippen MR) is 133 cm³/mol.